The molecule has 3 aromatic rings. The maximum atomic E-state index is 13.6. The molecule has 2 aromatic heterocycles. The normalized spacial score (nSPS) is 13.8. The van der Waals surface area contributed by atoms with Crippen LogP contribution in [0.5, 0.6) is 5.75 Å². The van der Waals surface area contributed by atoms with Crippen LogP contribution in [-0.4, -0.2) is 50.7 Å². The minimum Gasteiger partial charge on any atom is -0.490 e. The smallest absolute Gasteiger partial charge is 0.305 e. The lowest BCUT2D eigenvalue weighted by Gasteiger charge is -2.28. The van der Waals surface area contributed by atoms with Crippen molar-refractivity contribution in [3.63, 3.8) is 0 Å². The zero-order valence-corrected chi connectivity index (χ0v) is 18.0. The van der Waals surface area contributed by atoms with E-state index in [0.29, 0.717) is 29.1 Å². The van der Waals surface area contributed by atoms with E-state index >= 15 is 0 Å². The fraction of sp³-hybridized carbons (Fsp3) is 0.300. The summed E-state index contributed by atoms with van der Waals surface area (Å²) in [6.45, 7) is 1.21. The first-order valence-corrected chi connectivity index (χ1v) is 11.1. The Balaban J connectivity index is 1.85. The Labute approximate surface area is 179 Å². The van der Waals surface area contributed by atoms with Crippen molar-refractivity contribution in [3.8, 4) is 5.75 Å². The molecule has 0 saturated carbocycles. The highest BCUT2D eigenvalue weighted by atomic mass is 35.5. The molecule has 0 bridgehead atoms. The van der Waals surface area contributed by atoms with E-state index in [2.05, 4.69) is 4.98 Å². The second-order valence-corrected chi connectivity index (χ2v) is 9.09. The molecule has 0 radical (unpaired) electrons. The summed E-state index contributed by atoms with van der Waals surface area (Å²) < 4.78 is 38.8. The monoisotopic (exact) mass is 449 g/mol. The molecule has 10 heteroatoms. The number of halogens is 1. The average Bonchev–Trinajstić information content (AvgIpc) is 3.10. The number of hydrogen-bond acceptors (Lipinski definition) is 7. The van der Waals surface area contributed by atoms with Crippen LogP contribution < -0.4 is 9.64 Å². The van der Waals surface area contributed by atoms with Gasteiger partial charge in [0, 0.05) is 18.8 Å². The molecule has 0 fully saturated rings. The van der Waals surface area contributed by atoms with Gasteiger partial charge in [0.05, 0.1) is 41.7 Å². The van der Waals surface area contributed by atoms with E-state index in [4.69, 9.17) is 21.1 Å². The second-order valence-electron chi connectivity index (χ2n) is 6.92. The van der Waals surface area contributed by atoms with Gasteiger partial charge in [-0.2, -0.15) is 0 Å². The third-order valence-electron chi connectivity index (χ3n) is 5.03. The SMILES string of the molecule is COC(=O)CCc1cc2nc(Cl)ccc2n1S(=O)(=O)c1ccc2c(c1)OCCN2C. The molecule has 0 N–H and O–H groups in total. The quantitative estimate of drug-likeness (QED) is 0.437. The molecule has 0 spiro atoms. The molecule has 8 nitrogen and oxygen atoms in total. The van der Waals surface area contributed by atoms with Gasteiger partial charge in [-0.25, -0.2) is 17.4 Å². The summed E-state index contributed by atoms with van der Waals surface area (Å²) in [7, 11) is -0.771. The molecular formula is C20H20ClN3O5S. The maximum Gasteiger partial charge on any atom is 0.305 e. The number of rotatable bonds is 5. The van der Waals surface area contributed by atoms with E-state index in [0.717, 1.165) is 12.2 Å². The zero-order valence-electron chi connectivity index (χ0n) is 16.5. The van der Waals surface area contributed by atoms with Gasteiger partial charge in [0.2, 0.25) is 0 Å². The molecule has 0 amide bonds. The van der Waals surface area contributed by atoms with Gasteiger partial charge in [-0.3, -0.25) is 4.79 Å². The molecule has 0 aliphatic carbocycles. The van der Waals surface area contributed by atoms with Crippen LogP contribution in [0.3, 0.4) is 0 Å². The highest BCUT2D eigenvalue weighted by Gasteiger charge is 2.26. The fourth-order valence-electron chi connectivity index (χ4n) is 3.49. The number of ether oxygens (including phenoxy) is 2. The third kappa shape index (κ3) is 3.59. The van der Waals surface area contributed by atoms with Crippen molar-refractivity contribution in [1.82, 2.24) is 8.96 Å². The van der Waals surface area contributed by atoms with Crippen LogP contribution in [0.25, 0.3) is 11.0 Å². The van der Waals surface area contributed by atoms with Crippen molar-refractivity contribution in [2.75, 3.05) is 32.2 Å². The van der Waals surface area contributed by atoms with Crippen LogP contribution in [0.1, 0.15) is 12.1 Å². The third-order valence-corrected chi connectivity index (χ3v) is 7.00. The Bertz CT molecular complexity index is 1240. The number of hydrogen-bond donors (Lipinski definition) is 0. The van der Waals surface area contributed by atoms with Crippen molar-refractivity contribution in [2.45, 2.75) is 17.7 Å². The van der Waals surface area contributed by atoms with Crippen LogP contribution in [-0.2, 0) is 26.0 Å². The number of anilines is 1. The number of pyridine rings is 1. The number of nitrogens with zero attached hydrogens (tertiary/aromatic N) is 3. The molecule has 1 aromatic carbocycles. The average molecular weight is 450 g/mol. The summed E-state index contributed by atoms with van der Waals surface area (Å²) in [5, 5.41) is 0.252. The van der Waals surface area contributed by atoms with E-state index in [1.165, 1.54) is 23.2 Å². The van der Waals surface area contributed by atoms with Crippen molar-refractivity contribution in [2.24, 2.45) is 0 Å². The summed E-state index contributed by atoms with van der Waals surface area (Å²) in [6, 6.07) is 9.58. The van der Waals surface area contributed by atoms with Gasteiger partial charge in [-0.15, -0.1) is 0 Å². The maximum absolute atomic E-state index is 13.6. The predicted molar refractivity (Wildman–Crippen MR) is 113 cm³/mol. The molecule has 3 heterocycles. The van der Waals surface area contributed by atoms with Crippen LogP contribution >= 0.6 is 11.6 Å². The molecule has 0 atom stereocenters. The van der Waals surface area contributed by atoms with E-state index in [-0.39, 0.29) is 22.9 Å². The first-order valence-electron chi connectivity index (χ1n) is 9.28. The van der Waals surface area contributed by atoms with Gasteiger partial charge in [-0.05, 0) is 36.8 Å². The summed E-state index contributed by atoms with van der Waals surface area (Å²) in [6.07, 6.45) is 0.207. The Morgan fingerprint density at radius 2 is 2.07 bits per heavy atom. The number of carbonyl (C=O) groups is 1. The second kappa shape index (κ2) is 7.81. The number of esters is 1. The van der Waals surface area contributed by atoms with Crippen molar-refractivity contribution < 1.29 is 22.7 Å². The molecular weight excluding hydrogens is 430 g/mol. The number of likely N-dealkylation sites (N-methyl/N-ethyl adjacent to an activating group) is 1. The van der Waals surface area contributed by atoms with Crippen LogP contribution in [0.15, 0.2) is 41.3 Å². The first-order chi connectivity index (χ1) is 14.3. The van der Waals surface area contributed by atoms with Crippen LogP contribution in [0, 0.1) is 0 Å². The van der Waals surface area contributed by atoms with Gasteiger partial charge >= 0.3 is 5.97 Å². The minimum atomic E-state index is -3.99. The summed E-state index contributed by atoms with van der Waals surface area (Å²) in [5.74, 6) is 0.0824. The number of aryl methyl sites for hydroxylation is 1. The minimum absolute atomic E-state index is 0.0359. The molecule has 158 valence electrons. The highest BCUT2D eigenvalue weighted by Crippen LogP contribution is 2.35. The Morgan fingerprint density at radius 1 is 1.27 bits per heavy atom. The van der Waals surface area contributed by atoms with Gasteiger partial charge < -0.3 is 14.4 Å². The number of carbonyl (C=O) groups excluding carboxylic acids is 1. The topological polar surface area (TPSA) is 90.7 Å². The summed E-state index contributed by atoms with van der Waals surface area (Å²) in [5.41, 5.74) is 2.06. The molecule has 1 aliphatic heterocycles. The molecule has 30 heavy (non-hydrogen) atoms. The Hall–Kier alpha value is -2.78. The number of fused-ring (bicyclic) bond motifs is 2. The Morgan fingerprint density at radius 3 is 2.83 bits per heavy atom. The summed E-state index contributed by atoms with van der Waals surface area (Å²) in [4.78, 5) is 18.0. The number of aromatic nitrogens is 2. The molecule has 0 saturated heterocycles. The summed E-state index contributed by atoms with van der Waals surface area (Å²) >= 11 is 5.99. The standard InChI is InChI=1S/C20H20ClN3O5S/c1-23-9-10-29-18-12-14(4-5-17(18)23)30(26,27)24-13(3-8-20(25)28-2)11-15-16(24)6-7-19(21)22-15/h4-7,11-12H,3,8-10H2,1-2H3. The van der Waals surface area contributed by atoms with Crippen molar-refractivity contribution in [3.05, 3.63) is 47.2 Å². The zero-order chi connectivity index (χ0) is 21.5. The lowest BCUT2D eigenvalue weighted by atomic mass is 10.2. The van der Waals surface area contributed by atoms with Gasteiger partial charge in [0.1, 0.15) is 17.5 Å². The lowest BCUT2D eigenvalue weighted by molar-refractivity contribution is -0.140. The number of methoxy groups -OCH3 is 1. The van der Waals surface area contributed by atoms with E-state index in [1.807, 2.05) is 11.9 Å². The van der Waals surface area contributed by atoms with E-state index in [1.54, 1.807) is 24.3 Å². The lowest BCUT2D eigenvalue weighted by Crippen LogP contribution is -2.29. The predicted octanol–water partition coefficient (Wildman–Crippen LogP) is 2.86. The van der Waals surface area contributed by atoms with E-state index in [9.17, 15) is 13.2 Å². The van der Waals surface area contributed by atoms with Gasteiger partial charge in [0.25, 0.3) is 10.0 Å². The molecule has 4 rings (SSSR count). The van der Waals surface area contributed by atoms with E-state index < -0.39 is 16.0 Å². The first kappa shape index (κ1) is 20.5. The van der Waals surface area contributed by atoms with Crippen molar-refractivity contribution in [1.29, 1.82) is 0 Å². The largest absolute Gasteiger partial charge is 0.490 e. The van der Waals surface area contributed by atoms with Crippen molar-refractivity contribution >= 4 is 44.3 Å². The molecule has 0 unspecified atom stereocenters. The van der Waals surface area contributed by atoms with Crippen LogP contribution in [0.4, 0.5) is 5.69 Å². The molecule has 1 aliphatic rings. The van der Waals surface area contributed by atoms with Crippen LogP contribution in [0.2, 0.25) is 5.15 Å². The Kier molecular flexibility index (Phi) is 5.33. The number of benzene rings is 1. The van der Waals surface area contributed by atoms with Gasteiger partial charge in [0.15, 0.2) is 0 Å². The van der Waals surface area contributed by atoms with Gasteiger partial charge in [-0.1, -0.05) is 11.6 Å². The highest BCUT2D eigenvalue weighted by molar-refractivity contribution is 7.90. The fourth-order valence-corrected chi connectivity index (χ4v) is 5.21.